The number of carbonyl (C=O) groups is 1. The second kappa shape index (κ2) is 7.17. The summed E-state index contributed by atoms with van der Waals surface area (Å²) in [5.41, 5.74) is 2.88. The molecule has 0 radical (unpaired) electrons. The average molecular weight is 374 g/mol. The number of nitrogens with zero attached hydrogens (tertiary/aromatic N) is 1. The monoisotopic (exact) mass is 373 g/mol. The number of amides is 1. The molecule has 136 valence electrons. The van der Waals surface area contributed by atoms with E-state index in [0.717, 1.165) is 49.8 Å². The van der Waals surface area contributed by atoms with Gasteiger partial charge in [-0.3, -0.25) is 4.79 Å². The first-order valence-corrected chi connectivity index (χ1v) is 9.25. The highest BCUT2D eigenvalue weighted by molar-refractivity contribution is 6.33. The van der Waals surface area contributed by atoms with Crippen LogP contribution in [0.3, 0.4) is 0 Å². The Balaban J connectivity index is 1.36. The number of ether oxygens (including phenoxy) is 2. The van der Waals surface area contributed by atoms with E-state index in [9.17, 15) is 4.79 Å². The molecule has 6 heteroatoms. The van der Waals surface area contributed by atoms with Gasteiger partial charge in [0.15, 0.2) is 11.5 Å². The van der Waals surface area contributed by atoms with Crippen molar-refractivity contribution in [2.45, 2.75) is 13.5 Å². The molecule has 0 bridgehead atoms. The number of quaternary nitrogens is 1. The molecule has 0 aliphatic carbocycles. The van der Waals surface area contributed by atoms with Crippen molar-refractivity contribution in [3.63, 3.8) is 0 Å². The summed E-state index contributed by atoms with van der Waals surface area (Å²) in [6.07, 6.45) is 0. The fourth-order valence-electron chi connectivity index (χ4n) is 3.51. The van der Waals surface area contributed by atoms with Crippen molar-refractivity contribution in [1.82, 2.24) is 4.90 Å². The van der Waals surface area contributed by atoms with Crippen LogP contribution >= 0.6 is 11.6 Å². The number of rotatable bonds is 3. The maximum atomic E-state index is 12.7. The fourth-order valence-corrected chi connectivity index (χ4v) is 3.82. The van der Waals surface area contributed by atoms with Crippen LogP contribution in [0.25, 0.3) is 0 Å². The molecule has 2 aromatic carbocycles. The molecule has 0 unspecified atom stereocenters. The predicted octanol–water partition coefficient (Wildman–Crippen LogP) is 1.92. The number of carbonyl (C=O) groups excluding carboxylic acids is 1. The van der Waals surface area contributed by atoms with Gasteiger partial charge in [-0.05, 0) is 42.8 Å². The van der Waals surface area contributed by atoms with Crippen molar-refractivity contribution in [3.05, 3.63) is 58.1 Å². The summed E-state index contributed by atoms with van der Waals surface area (Å²) in [5, 5.41) is 0.533. The molecule has 2 aliphatic rings. The zero-order valence-corrected chi connectivity index (χ0v) is 15.5. The first kappa shape index (κ1) is 17.2. The molecule has 0 saturated carbocycles. The number of hydrogen-bond donors (Lipinski definition) is 1. The highest BCUT2D eigenvalue weighted by Gasteiger charge is 2.26. The van der Waals surface area contributed by atoms with Gasteiger partial charge in [-0.25, -0.2) is 0 Å². The SMILES string of the molecule is Cc1ccc(C(=O)N2CC[NH+](Cc3ccc4c(c3)OCO4)CC2)c(Cl)c1. The minimum atomic E-state index is 0.0251. The lowest BCUT2D eigenvalue weighted by molar-refractivity contribution is -0.917. The molecule has 1 amide bonds. The lowest BCUT2D eigenvalue weighted by Crippen LogP contribution is -3.13. The molecule has 2 heterocycles. The zero-order chi connectivity index (χ0) is 18.1. The van der Waals surface area contributed by atoms with E-state index in [4.69, 9.17) is 21.1 Å². The normalized spacial score (nSPS) is 16.8. The minimum absolute atomic E-state index is 0.0251. The predicted molar refractivity (Wildman–Crippen MR) is 99.1 cm³/mol. The molecular weight excluding hydrogens is 352 g/mol. The minimum Gasteiger partial charge on any atom is -0.454 e. The Morgan fingerprint density at radius 3 is 2.65 bits per heavy atom. The highest BCUT2D eigenvalue weighted by atomic mass is 35.5. The number of hydrogen-bond acceptors (Lipinski definition) is 3. The fraction of sp³-hybridized carbons (Fsp3) is 0.350. The standard InChI is InChI=1S/C20H21ClN2O3/c1-14-2-4-16(17(21)10-14)20(24)23-8-6-22(7-9-23)12-15-3-5-18-19(11-15)26-13-25-18/h2-5,10-11H,6-9,12-13H2,1H3/p+1. The van der Waals surface area contributed by atoms with Gasteiger partial charge in [0.2, 0.25) is 6.79 Å². The van der Waals surface area contributed by atoms with Gasteiger partial charge in [-0.15, -0.1) is 0 Å². The summed E-state index contributed by atoms with van der Waals surface area (Å²) >= 11 is 6.25. The van der Waals surface area contributed by atoms with E-state index in [1.807, 2.05) is 36.1 Å². The summed E-state index contributed by atoms with van der Waals surface area (Å²) in [6.45, 7) is 6.51. The first-order valence-electron chi connectivity index (χ1n) is 8.88. The molecule has 0 spiro atoms. The van der Waals surface area contributed by atoms with Crippen molar-refractivity contribution in [3.8, 4) is 11.5 Å². The van der Waals surface area contributed by atoms with Gasteiger partial charge >= 0.3 is 0 Å². The number of nitrogens with one attached hydrogen (secondary N) is 1. The smallest absolute Gasteiger partial charge is 0.255 e. The quantitative estimate of drug-likeness (QED) is 0.894. The lowest BCUT2D eigenvalue weighted by atomic mass is 10.1. The third-order valence-electron chi connectivity index (χ3n) is 5.00. The van der Waals surface area contributed by atoms with Crippen molar-refractivity contribution < 1.29 is 19.2 Å². The summed E-state index contributed by atoms with van der Waals surface area (Å²) in [4.78, 5) is 16.1. The Bertz CT molecular complexity index is 832. The van der Waals surface area contributed by atoms with E-state index in [-0.39, 0.29) is 5.91 Å². The number of halogens is 1. The molecule has 4 rings (SSSR count). The van der Waals surface area contributed by atoms with Gasteiger partial charge in [-0.1, -0.05) is 17.7 Å². The Kier molecular flexibility index (Phi) is 4.74. The van der Waals surface area contributed by atoms with Gasteiger partial charge in [0.05, 0.1) is 36.8 Å². The van der Waals surface area contributed by atoms with Gasteiger partial charge in [0.25, 0.3) is 5.91 Å². The Hall–Kier alpha value is -2.24. The van der Waals surface area contributed by atoms with E-state index in [2.05, 4.69) is 12.1 Å². The number of benzene rings is 2. The van der Waals surface area contributed by atoms with Gasteiger partial charge in [0, 0.05) is 5.56 Å². The van der Waals surface area contributed by atoms with Crippen LogP contribution in [0.1, 0.15) is 21.5 Å². The van der Waals surface area contributed by atoms with Gasteiger partial charge < -0.3 is 19.3 Å². The molecule has 0 atom stereocenters. The molecule has 1 saturated heterocycles. The average Bonchev–Trinajstić information content (AvgIpc) is 3.10. The molecule has 2 aromatic rings. The number of aryl methyl sites for hydroxylation is 1. The van der Waals surface area contributed by atoms with Crippen molar-refractivity contribution in [2.75, 3.05) is 33.0 Å². The van der Waals surface area contributed by atoms with Crippen molar-refractivity contribution in [2.24, 2.45) is 0 Å². The topological polar surface area (TPSA) is 43.2 Å². The summed E-state index contributed by atoms with van der Waals surface area (Å²) in [5.74, 6) is 1.66. The summed E-state index contributed by atoms with van der Waals surface area (Å²) in [6, 6.07) is 11.7. The second-order valence-electron chi connectivity index (χ2n) is 6.89. The zero-order valence-electron chi connectivity index (χ0n) is 14.8. The van der Waals surface area contributed by atoms with Gasteiger partial charge in [0.1, 0.15) is 6.54 Å². The molecule has 1 N–H and O–H groups in total. The van der Waals surface area contributed by atoms with Crippen LogP contribution in [0.2, 0.25) is 5.02 Å². The lowest BCUT2D eigenvalue weighted by Gasteiger charge is -2.32. The molecular formula is C20H22ClN2O3+. The van der Waals surface area contributed by atoms with Crippen LogP contribution < -0.4 is 14.4 Å². The van der Waals surface area contributed by atoms with Crippen LogP contribution in [0.4, 0.5) is 0 Å². The van der Waals surface area contributed by atoms with Crippen LogP contribution in [-0.2, 0) is 6.54 Å². The maximum absolute atomic E-state index is 12.7. The molecule has 26 heavy (non-hydrogen) atoms. The third-order valence-corrected chi connectivity index (χ3v) is 5.32. The van der Waals surface area contributed by atoms with Crippen LogP contribution in [0, 0.1) is 6.92 Å². The number of fused-ring (bicyclic) bond motifs is 1. The highest BCUT2D eigenvalue weighted by Crippen LogP contribution is 2.32. The van der Waals surface area contributed by atoms with Crippen molar-refractivity contribution in [1.29, 1.82) is 0 Å². The number of piperazine rings is 1. The summed E-state index contributed by atoms with van der Waals surface area (Å²) in [7, 11) is 0. The van der Waals surface area contributed by atoms with E-state index < -0.39 is 0 Å². The van der Waals surface area contributed by atoms with Crippen molar-refractivity contribution >= 4 is 17.5 Å². The van der Waals surface area contributed by atoms with Gasteiger partial charge in [-0.2, -0.15) is 0 Å². The third kappa shape index (κ3) is 3.50. The Morgan fingerprint density at radius 2 is 1.88 bits per heavy atom. The molecule has 5 nitrogen and oxygen atoms in total. The largest absolute Gasteiger partial charge is 0.454 e. The Labute approximate surface area is 158 Å². The first-order chi connectivity index (χ1) is 12.6. The van der Waals surface area contributed by atoms with Crippen LogP contribution in [-0.4, -0.2) is 43.8 Å². The van der Waals surface area contributed by atoms with E-state index in [1.165, 1.54) is 10.5 Å². The molecule has 2 aliphatic heterocycles. The van der Waals surface area contributed by atoms with E-state index in [0.29, 0.717) is 17.4 Å². The van der Waals surface area contributed by atoms with Crippen LogP contribution in [0.15, 0.2) is 36.4 Å². The van der Waals surface area contributed by atoms with E-state index >= 15 is 0 Å². The summed E-state index contributed by atoms with van der Waals surface area (Å²) < 4.78 is 10.8. The maximum Gasteiger partial charge on any atom is 0.255 e. The van der Waals surface area contributed by atoms with Crippen LogP contribution in [0.5, 0.6) is 11.5 Å². The molecule has 0 aromatic heterocycles. The molecule has 1 fully saturated rings. The second-order valence-corrected chi connectivity index (χ2v) is 7.30. The Morgan fingerprint density at radius 1 is 1.12 bits per heavy atom. The van der Waals surface area contributed by atoms with E-state index in [1.54, 1.807) is 0 Å².